The standard InChI is InChI=1S/C11H18N4/c12-7-9-3-1-4-10(9)8-13-11-5-2-6-14-15-11/h2,5-6,9-10H,1,3-4,7-8,12H2,(H,13,15). The quantitative estimate of drug-likeness (QED) is 0.778. The smallest absolute Gasteiger partial charge is 0.148 e. The summed E-state index contributed by atoms with van der Waals surface area (Å²) in [6.07, 6.45) is 5.57. The molecule has 1 fully saturated rings. The van der Waals surface area contributed by atoms with E-state index in [0.717, 1.165) is 18.9 Å². The Morgan fingerprint density at radius 2 is 2.27 bits per heavy atom. The fourth-order valence-corrected chi connectivity index (χ4v) is 2.32. The van der Waals surface area contributed by atoms with Crippen LogP contribution < -0.4 is 11.1 Å². The summed E-state index contributed by atoms with van der Waals surface area (Å²) in [6.45, 7) is 1.79. The van der Waals surface area contributed by atoms with Gasteiger partial charge in [-0.2, -0.15) is 5.10 Å². The summed E-state index contributed by atoms with van der Waals surface area (Å²) >= 11 is 0. The third kappa shape index (κ3) is 2.65. The predicted molar refractivity (Wildman–Crippen MR) is 60.4 cm³/mol. The number of anilines is 1. The van der Waals surface area contributed by atoms with Gasteiger partial charge in [-0.3, -0.25) is 0 Å². The second-order valence-corrected chi connectivity index (χ2v) is 4.18. The average molecular weight is 206 g/mol. The Kier molecular flexibility index (Phi) is 3.50. The van der Waals surface area contributed by atoms with Gasteiger partial charge >= 0.3 is 0 Å². The van der Waals surface area contributed by atoms with Crippen molar-refractivity contribution < 1.29 is 0 Å². The van der Waals surface area contributed by atoms with Crippen molar-refractivity contribution in [1.29, 1.82) is 0 Å². The van der Waals surface area contributed by atoms with Gasteiger partial charge in [0.25, 0.3) is 0 Å². The molecule has 0 bridgehead atoms. The van der Waals surface area contributed by atoms with E-state index in [2.05, 4.69) is 15.5 Å². The van der Waals surface area contributed by atoms with E-state index in [4.69, 9.17) is 5.73 Å². The van der Waals surface area contributed by atoms with Gasteiger partial charge in [0.05, 0.1) is 0 Å². The largest absolute Gasteiger partial charge is 0.368 e. The molecule has 82 valence electrons. The highest BCUT2D eigenvalue weighted by Crippen LogP contribution is 2.30. The summed E-state index contributed by atoms with van der Waals surface area (Å²) in [6, 6.07) is 3.84. The topological polar surface area (TPSA) is 63.8 Å². The van der Waals surface area contributed by atoms with Crippen molar-refractivity contribution in [2.75, 3.05) is 18.4 Å². The summed E-state index contributed by atoms with van der Waals surface area (Å²) in [5, 5.41) is 11.2. The molecule has 2 rings (SSSR count). The second kappa shape index (κ2) is 5.07. The van der Waals surface area contributed by atoms with Crippen LogP contribution in [0.5, 0.6) is 0 Å². The Morgan fingerprint density at radius 3 is 3.00 bits per heavy atom. The minimum absolute atomic E-state index is 0.689. The Balaban J connectivity index is 1.83. The molecule has 15 heavy (non-hydrogen) atoms. The molecule has 1 saturated carbocycles. The predicted octanol–water partition coefficient (Wildman–Crippen LogP) is 1.26. The van der Waals surface area contributed by atoms with Crippen molar-refractivity contribution in [1.82, 2.24) is 10.2 Å². The molecule has 0 aromatic carbocycles. The maximum absolute atomic E-state index is 5.74. The van der Waals surface area contributed by atoms with Gasteiger partial charge in [0.15, 0.2) is 0 Å². The number of nitrogens with zero attached hydrogens (tertiary/aromatic N) is 2. The molecule has 0 aliphatic heterocycles. The first-order valence-electron chi connectivity index (χ1n) is 5.62. The van der Waals surface area contributed by atoms with E-state index in [0.29, 0.717) is 11.8 Å². The summed E-state index contributed by atoms with van der Waals surface area (Å²) in [5.41, 5.74) is 5.74. The number of nitrogens with one attached hydrogen (secondary N) is 1. The highest BCUT2D eigenvalue weighted by molar-refractivity contribution is 5.31. The van der Waals surface area contributed by atoms with E-state index >= 15 is 0 Å². The third-order valence-corrected chi connectivity index (χ3v) is 3.24. The van der Waals surface area contributed by atoms with Crippen molar-refractivity contribution in [3.8, 4) is 0 Å². The molecule has 2 atom stereocenters. The van der Waals surface area contributed by atoms with Crippen LogP contribution in [0.2, 0.25) is 0 Å². The number of hydrogen-bond donors (Lipinski definition) is 2. The zero-order chi connectivity index (χ0) is 10.5. The first-order chi connectivity index (χ1) is 7.40. The molecule has 0 amide bonds. The number of rotatable bonds is 4. The molecule has 4 heteroatoms. The lowest BCUT2D eigenvalue weighted by Gasteiger charge is -2.18. The average Bonchev–Trinajstić information content (AvgIpc) is 2.75. The monoisotopic (exact) mass is 206 g/mol. The second-order valence-electron chi connectivity index (χ2n) is 4.18. The summed E-state index contributed by atoms with van der Waals surface area (Å²) in [4.78, 5) is 0. The molecule has 4 nitrogen and oxygen atoms in total. The first-order valence-corrected chi connectivity index (χ1v) is 5.62. The van der Waals surface area contributed by atoms with Gasteiger partial charge in [0.1, 0.15) is 5.82 Å². The van der Waals surface area contributed by atoms with Crippen molar-refractivity contribution in [2.45, 2.75) is 19.3 Å². The van der Waals surface area contributed by atoms with Crippen LogP contribution in [0, 0.1) is 11.8 Å². The number of hydrogen-bond acceptors (Lipinski definition) is 4. The van der Waals surface area contributed by atoms with E-state index in [1.807, 2.05) is 12.1 Å². The summed E-state index contributed by atoms with van der Waals surface area (Å²) in [7, 11) is 0. The lowest BCUT2D eigenvalue weighted by molar-refractivity contribution is 0.414. The molecular formula is C11H18N4. The van der Waals surface area contributed by atoms with Crippen LogP contribution in [0.25, 0.3) is 0 Å². The minimum Gasteiger partial charge on any atom is -0.368 e. The maximum atomic E-state index is 5.74. The van der Waals surface area contributed by atoms with Gasteiger partial charge < -0.3 is 11.1 Å². The molecule has 1 aliphatic carbocycles. The molecule has 3 N–H and O–H groups in total. The van der Waals surface area contributed by atoms with E-state index < -0.39 is 0 Å². The minimum atomic E-state index is 0.689. The Labute approximate surface area is 90.3 Å². The molecule has 0 radical (unpaired) electrons. The van der Waals surface area contributed by atoms with Crippen LogP contribution in [0.15, 0.2) is 18.3 Å². The zero-order valence-corrected chi connectivity index (χ0v) is 8.89. The molecular weight excluding hydrogens is 188 g/mol. The van der Waals surface area contributed by atoms with E-state index in [9.17, 15) is 0 Å². The zero-order valence-electron chi connectivity index (χ0n) is 8.89. The summed E-state index contributed by atoms with van der Waals surface area (Å²) < 4.78 is 0. The lowest BCUT2D eigenvalue weighted by atomic mass is 9.96. The van der Waals surface area contributed by atoms with E-state index in [1.165, 1.54) is 19.3 Å². The van der Waals surface area contributed by atoms with E-state index in [-0.39, 0.29) is 0 Å². The SMILES string of the molecule is NCC1CCCC1CNc1cccnn1. The van der Waals surface area contributed by atoms with Crippen molar-refractivity contribution in [3.05, 3.63) is 18.3 Å². The van der Waals surface area contributed by atoms with Crippen molar-refractivity contribution >= 4 is 5.82 Å². The summed E-state index contributed by atoms with van der Waals surface area (Å²) in [5.74, 6) is 2.26. The van der Waals surface area contributed by atoms with Gasteiger partial charge in [0, 0.05) is 12.7 Å². The van der Waals surface area contributed by atoms with Gasteiger partial charge in [-0.1, -0.05) is 6.42 Å². The molecule has 1 aromatic heterocycles. The molecule has 2 unspecified atom stereocenters. The van der Waals surface area contributed by atoms with Gasteiger partial charge in [0.2, 0.25) is 0 Å². The first kappa shape index (κ1) is 10.4. The fraction of sp³-hybridized carbons (Fsp3) is 0.636. The van der Waals surface area contributed by atoms with Gasteiger partial charge in [-0.05, 0) is 43.4 Å². The van der Waals surface area contributed by atoms with Crippen LogP contribution in [-0.2, 0) is 0 Å². The van der Waals surface area contributed by atoms with Crippen LogP contribution >= 0.6 is 0 Å². The molecule has 0 saturated heterocycles. The van der Waals surface area contributed by atoms with Crippen LogP contribution in [0.1, 0.15) is 19.3 Å². The van der Waals surface area contributed by atoms with E-state index in [1.54, 1.807) is 6.20 Å². The maximum Gasteiger partial charge on any atom is 0.148 e. The molecule has 0 spiro atoms. The van der Waals surface area contributed by atoms with Crippen molar-refractivity contribution in [2.24, 2.45) is 17.6 Å². The fourth-order valence-electron chi connectivity index (χ4n) is 2.32. The van der Waals surface area contributed by atoms with Gasteiger partial charge in [-0.15, -0.1) is 5.10 Å². The van der Waals surface area contributed by atoms with Crippen LogP contribution in [-0.4, -0.2) is 23.3 Å². The Bertz CT molecular complexity index is 288. The third-order valence-electron chi connectivity index (χ3n) is 3.24. The normalized spacial score (nSPS) is 25.4. The highest BCUT2D eigenvalue weighted by atomic mass is 15.2. The molecule has 1 heterocycles. The van der Waals surface area contributed by atoms with Crippen molar-refractivity contribution in [3.63, 3.8) is 0 Å². The molecule has 1 aromatic rings. The highest BCUT2D eigenvalue weighted by Gasteiger charge is 2.25. The Hall–Kier alpha value is -1.16. The number of nitrogens with two attached hydrogens (primary N) is 1. The molecule has 1 aliphatic rings. The van der Waals surface area contributed by atoms with Crippen LogP contribution in [0.4, 0.5) is 5.82 Å². The van der Waals surface area contributed by atoms with Crippen LogP contribution in [0.3, 0.4) is 0 Å². The Morgan fingerprint density at radius 1 is 1.40 bits per heavy atom. The van der Waals surface area contributed by atoms with Gasteiger partial charge in [-0.25, -0.2) is 0 Å². The number of aromatic nitrogens is 2. The lowest BCUT2D eigenvalue weighted by Crippen LogP contribution is -2.24.